The van der Waals surface area contributed by atoms with E-state index < -0.39 is 8.32 Å². The molecule has 0 spiro atoms. The lowest BCUT2D eigenvalue weighted by Crippen LogP contribution is -2.33. The summed E-state index contributed by atoms with van der Waals surface area (Å²) in [4.78, 5) is 0. The van der Waals surface area contributed by atoms with Crippen molar-refractivity contribution in [3.05, 3.63) is 23.0 Å². The van der Waals surface area contributed by atoms with Crippen molar-refractivity contribution in [3.63, 3.8) is 0 Å². The molecule has 2 heteroatoms. The smallest absolute Gasteiger partial charge is 0.242 e. The van der Waals surface area contributed by atoms with Crippen LogP contribution in [0.4, 0.5) is 0 Å². The summed E-state index contributed by atoms with van der Waals surface area (Å²) in [5, 5.41) is 0. The van der Waals surface area contributed by atoms with Gasteiger partial charge in [-0.2, -0.15) is 0 Å². The molecular formula is C18H32OSi. The molecule has 0 aromatic rings. The van der Waals surface area contributed by atoms with Gasteiger partial charge in [-0.25, -0.2) is 0 Å². The van der Waals surface area contributed by atoms with Crippen LogP contribution in [0.25, 0.3) is 0 Å². The predicted molar refractivity (Wildman–Crippen MR) is 90.2 cm³/mol. The van der Waals surface area contributed by atoms with Crippen LogP contribution in [-0.4, -0.2) is 8.32 Å². The molecule has 0 aromatic heterocycles. The highest BCUT2D eigenvalue weighted by atomic mass is 28.4. The van der Waals surface area contributed by atoms with Gasteiger partial charge in [0.1, 0.15) is 5.76 Å². The number of hydrogen-bond donors (Lipinski definition) is 0. The molecule has 0 amide bonds. The Bertz CT molecular complexity index is 451. The zero-order valence-electron chi connectivity index (χ0n) is 14.5. The van der Waals surface area contributed by atoms with Crippen LogP contribution in [-0.2, 0) is 4.43 Å². The Kier molecular flexibility index (Phi) is 4.01. The van der Waals surface area contributed by atoms with Gasteiger partial charge in [0.2, 0.25) is 8.32 Å². The minimum atomic E-state index is -1.52. The van der Waals surface area contributed by atoms with Gasteiger partial charge in [-0.1, -0.05) is 32.8 Å². The average molecular weight is 293 g/mol. The van der Waals surface area contributed by atoms with Crippen molar-refractivity contribution in [1.82, 2.24) is 0 Å². The Labute approximate surface area is 126 Å². The number of hydrogen-bond acceptors (Lipinski definition) is 1. The van der Waals surface area contributed by atoms with Gasteiger partial charge in [0.05, 0.1) is 0 Å². The molecule has 1 fully saturated rings. The van der Waals surface area contributed by atoms with E-state index in [1.54, 1.807) is 5.57 Å². The van der Waals surface area contributed by atoms with Gasteiger partial charge in [0, 0.05) is 0 Å². The summed E-state index contributed by atoms with van der Waals surface area (Å²) < 4.78 is 6.34. The fraction of sp³-hybridized carbons (Fsp3) is 0.778. The van der Waals surface area contributed by atoms with Gasteiger partial charge in [-0.3, -0.25) is 0 Å². The highest BCUT2D eigenvalue weighted by Gasteiger charge is 2.47. The van der Waals surface area contributed by atoms with Gasteiger partial charge >= 0.3 is 0 Å². The van der Waals surface area contributed by atoms with Crippen molar-refractivity contribution in [1.29, 1.82) is 0 Å². The highest BCUT2D eigenvalue weighted by molar-refractivity contribution is 6.70. The molecule has 20 heavy (non-hydrogen) atoms. The van der Waals surface area contributed by atoms with Gasteiger partial charge in [0.15, 0.2) is 0 Å². The molecule has 1 saturated carbocycles. The number of rotatable bonds is 3. The van der Waals surface area contributed by atoms with Crippen LogP contribution in [0.1, 0.15) is 59.8 Å². The topological polar surface area (TPSA) is 9.23 Å². The average Bonchev–Trinajstić information content (AvgIpc) is 2.56. The minimum absolute atomic E-state index is 0.363. The van der Waals surface area contributed by atoms with E-state index in [0.717, 1.165) is 0 Å². The Morgan fingerprint density at radius 2 is 1.70 bits per heavy atom. The second-order valence-electron chi connectivity index (χ2n) is 8.60. The van der Waals surface area contributed by atoms with E-state index in [4.69, 9.17) is 4.43 Å². The zero-order valence-corrected chi connectivity index (χ0v) is 15.5. The van der Waals surface area contributed by atoms with Crippen molar-refractivity contribution in [2.75, 3.05) is 0 Å². The minimum Gasteiger partial charge on any atom is -0.544 e. The number of allylic oxidation sites excluding steroid dienone is 3. The van der Waals surface area contributed by atoms with Crippen molar-refractivity contribution in [2.45, 2.75) is 79.4 Å². The van der Waals surface area contributed by atoms with Crippen LogP contribution in [0, 0.1) is 10.8 Å². The van der Waals surface area contributed by atoms with Gasteiger partial charge < -0.3 is 4.43 Å². The maximum atomic E-state index is 6.34. The van der Waals surface area contributed by atoms with Crippen LogP contribution in [0.2, 0.25) is 19.6 Å². The molecule has 0 N–H and O–H groups in total. The van der Waals surface area contributed by atoms with E-state index in [1.165, 1.54) is 43.4 Å². The standard InChI is InChI=1S/C18H32OSi/c1-14-9-10-15(13-16(14)19-20(5,6)7)18(4)12-8-11-17(18,2)3/h13H,8-12H2,1-7H3/t18-/m1/s1. The molecule has 114 valence electrons. The fourth-order valence-corrected chi connectivity index (χ4v) is 4.67. The lowest BCUT2D eigenvalue weighted by molar-refractivity contribution is 0.170. The van der Waals surface area contributed by atoms with Crippen LogP contribution >= 0.6 is 0 Å². The summed E-state index contributed by atoms with van der Waals surface area (Å²) >= 11 is 0. The summed E-state index contributed by atoms with van der Waals surface area (Å²) in [6.45, 7) is 16.4. The molecule has 0 heterocycles. The Hall–Kier alpha value is -0.503. The van der Waals surface area contributed by atoms with Crippen LogP contribution in [0.5, 0.6) is 0 Å². The van der Waals surface area contributed by atoms with Crippen LogP contribution in [0.3, 0.4) is 0 Å². The molecule has 2 aliphatic rings. The summed E-state index contributed by atoms with van der Waals surface area (Å²) in [5.74, 6) is 1.19. The van der Waals surface area contributed by atoms with Crippen LogP contribution in [0.15, 0.2) is 23.0 Å². The molecule has 0 radical (unpaired) electrons. The largest absolute Gasteiger partial charge is 0.544 e. The Morgan fingerprint density at radius 3 is 2.20 bits per heavy atom. The van der Waals surface area contributed by atoms with Gasteiger partial charge in [-0.15, -0.1) is 0 Å². The molecule has 2 rings (SSSR count). The van der Waals surface area contributed by atoms with E-state index in [2.05, 4.69) is 53.4 Å². The summed E-state index contributed by atoms with van der Waals surface area (Å²) in [6, 6.07) is 0. The summed E-state index contributed by atoms with van der Waals surface area (Å²) in [7, 11) is -1.52. The van der Waals surface area contributed by atoms with Crippen LogP contribution < -0.4 is 0 Å². The first kappa shape index (κ1) is 15.9. The second-order valence-corrected chi connectivity index (χ2v) is 13.0. The monoisotopic (exact) mass is 292 g/mol. The first-order valence-corrected chi connectivity index (χ1v) is 11.6. The molecular weight excluding hydrogens is 260 g/mol. The van der Waals surface area contributed by atoms with Gasteiger partial charge in [0.25, 0.3) is 0 Å². The van der Waals surface area contributed by atoms with Crippen molar-refractivity contribution in [3.8, 4) is 0 Å². The highest BCUT2D eigenvalue weighted by Crippen LogP contribution is 2.58. The Morgan fingerprint density at radius 1 is 1.05 bits per heavy atom. The van der Waals surface area contributed by atoms with E-state index in [1.807, 2.05) is 0 Å². The molecule has 0 bridgehead atoms. The first-order chi connectivity index (χ1) is 9.05. The lowest BCUT2D eigenvalue weighted by Gasteiger charge is -2.42. The quantitative estimate of drug-likeness (QED) is 0.575. The Balaban J connectivity index is 2.32. The van der Waals surface area contributed by atoms with Crippen molar-refractivity contribution >= 4 is 8.32 Å². The maximum absolute atomic E-state index is 6.34. The van der Waals surface area contributed by atoms with E-state index in [-0.39, 0.29) is 0 Å². The van der Waals surface area contributed by atoms with E-state index in [0.29, 0.717) is 10.8 Å². The third kappa shape index (κ3) is 2.90. The normalized spacial score (nSPS) is 30.4. The molecule has 2 aliphatic carbocycles. The SMILES string of the molecule is CC1=C(O[Si](C)(C)C)C=C([C@@]2(C)CCCC2(C)C)CC1. The molecule has 0 saturated heterocycles. The van der Waals surface area contributed by atoms with E-state index >= 15 is 0 Å². The lowest BCUT2D eigenvalue weighted by atomic mass is 9.63. The van der Waals surface area contributed by atoms with E-state index in [9.17, 15) is 0 Å². The third-order valence-corrected chi connectivity index (χ3v) is 6.42. The summed E-state index contributed by atoms with van der Waals surface area (Å²) in [5.41, 5.74) is 3.87. The maximum Gasteiger partial charge on any atom is 0.242 e. The fourth-order valence-electron chi connectivity index (χ4n) is 3.77. The summed E-state index contributed by atoms with van der Waals surface area (Å²) in [6.07, 6.45) is 8.87. The zero-order chi connectivity index (χ0) is 15.2. The molecule has 1 atom stereocenters. The van der Waals surface area contributed by atoms with Crippen molar-refractivity contribution in [2.24, 2.45) is 10.8 Å². The van der Waals surface area contributed by atoms with Gasteiger partial charge in [-0.05, 0) is 74.7 Å². The molecule has 0 unspecified atom stereocenters. The first-order valence-electron chi connectivity index (χ1n) is 8.15. The second kappa shape index (κ2) is 5.05. The van der Waals surface area contributed by atoms with Crippen molar-refractivity contribution < 1.29 is 4.43 Å². The third-order valence-electron chi connectivity index (χ3n) is 5.59. The molecule has 0 aliphatic heterocycles. The molecule has 0 aromatic carbocycles. The predicted octanol–water partition coefficient (Wildman–Crippen LogP) is 6.05. The molecule has 1 nitrogen and oxygen atoms in total.